The first-order valence-corrected chi connectivity index (χ1v) is 6.23. The first-order chi connectivity index (χ1) is 9.85. The summed E-state index contributed by atoms with van der Waals surface area (Å²) in [4.78, 5) is 4.21. The summed E-state index contributed by atoms with van der Waals surface area (Å²) in [6.45, 7) is 1.19. The fraction of sp³-hybridized carbons (Fsp3) is 0.214. The fourth-order valence-electron chi connectivity index (χ4n) is 1.95. The van der Waals surface area contributed by atoms with Gasteiger partial charge < -0.3 is 19.6 Å². The van der Waals surface area contributed by atoms with E-state index >= 15 is 0 Å². The molecule has 0 amide bonds. The zero-order chi connectivity index (χ0) is 13.8. The number of nitrogens with two attached hydrogens (primary N) is 1. The molecule has 0 radical (unpaired) electrons. The van der Waals surface area contributed by atoms with E-state index in [1.807, 2.05) is 24.3 Å². The molecule has 20 heavy (non-hydrogen) atoms. The molecule has 6 heteroatoms. The van der Waals surface area contributed by atoms with Gasteiger partial charge in [0.25, 0.3) is 0 Å². The van der Waals surface area contributed by atoms with Crippen molar-refractivity contribution < 1.29 is 14.2 Å². The van der Waals surface area contributed by atoms with Gasteiger partial charge in [-0.3, -0.25) is 10.8 Å². The van der Waals surface area contributed by atoms with Crippen LogP contribution in [0.25, 0.3) is 0 Å². The highest BCUT2D eigenvalue weighted by Crippen LogP contribution is 2.32. The van der Waals surface area contributed by atoms with Crippen molar-refractivity contribution in [3.63, 3.8) is 0 Å². The molecule has 0 fully saturated rings. The number of ether oxygens (including phenoxy) is 3. The molecule has 1 aromatic carbocycles. The van der Waals surface area contributed by atoms with Crippen molar-refractivity contribution in [1.29, 1.82) is 0 Å². The largest absolute Gasteiger partial charge is 0.454 e. The second kappa shape index (κ2) is 5.77. The van der Waals surface area contributed by atoms with Crippen LogP contribution in [0.15, 0.2) is 36.5 Å². The Labute approximate surface area is 116 Å². The highest BCUT2D eigenvalue weighted by atomic mass is 16.7. The number of anilines is 1. The molecule has 2 heterocycles. The third-order valence-corrected chi connectivity index (χ3v) is 2.94. The standard InChI is InChI=1S/C14H15N3O3/c15-17-11-3-4-16-12(6-11)8-18-7-10-1-2-13-14(5-10)20-9-19-13/h1-6H,7-9,15H2,(H,16,17). The van der Waals surface area contributed by atoms with Crippen LogP contribution in [0.1, 0.15) is 11.3 Å². The summed E-state index contributed by atoms with van der Waals surface area (Å²) in [6, 6.07) is 9.41. The number of nitrogens with one attached hydrogen (secondary N) is 1. The lowest BCUT2D eigenvalue weighted by atomic mass is 10.2. The van der Waals surface area contributed by atoms with Gasteiger partial charge in [0, 0.05) is 6.20 Å². The Morgan fingerprint density at radius 2 is 2.05 bits per heavy atom. The van der Waals surface area contributed by atoms with E-state index in [4.69, 9.17) is 20.1 Å². The van der Waals surface area contributed by atoms with Crippen LogP contribution in [0.4, 0.5) is 5.69 Å². The molecular weight excluding hydrogens is 258 g/mol. The van der Waals surface area contributed by atoms with Crippen LogP contribution in [0.5, 0.6) is 11.5 Å². The fourth-order valence-corrected chi connectivity index (χ4v) is 1.95. The van der Waals surface area contributed by atoms with Gasteiger partial charge in [0.1, 0.15) is 0 Å². The third-order valence-electron chi connectivity index (χ3n) is 2.94. The number of nitrogens with zero attached hydrogens (tertiary/aromatic N) is 1. The highest BCUT2D eigenvalue weighted by Gasteiger charge is 2.13. The number of hydrogen-bond acceptors (Lipinski definition) is 6. The minimum atomic E-state index is 0.280. The molecule has 1 aliphatic heterocycles. The third kappa shape index (κ3) is 2.81. The number of pyridine rings is 1. The summed E-state index contributed by atoms with van der Waals surface area (Å²) < 4.78 is 16.2. The molecule has 6 nitrogen and oxygen atoms in total. The minimum Gasteiger partial charge on any atom is -0.454 e. The van der Waals surface area contributed by atoms with Gasteiger partial charge in [0.15, 0.2) is 11.5 Å². The number of aromatic nitrogens is 1. The molecule has 3 N–H and O–H groups in total. The first kappa shape index (κ1) is 12.7. The Kier molecular flexibility index (Phi) is 3.67. The lowest BCUT2D eigenvalue weighted by molar-refractivity contribution is 0.104. The van der Waals surface area contributed by atoms with Crippen LogP contribution in [-0.2, 0) is 18.0 Å². The van der Waals surface area contributed by atoms with E-state index in [-0.39, 0.29) is 6.79 Å². The van der Waals surface area contributed by atoms with Gasteiger partial charge >= 0.3 is 0 Å². The van der Waals surface area contributed by atoms with E-state index in [9.17, 15) is 0 Å². The summed E-state index contributed by atoms with van der Waals surface area (Å²) in [7, 11) is 0. The Bertz CT molecular complexity index is 604. The van der Waals surface area contributed by atoms with E-state index in [0.29, 0.717) is 13.2 Å². The monoisotopic (exact) mass is 273 g/mol. The number of benzene rings is 1. The normalized spacial score (nSPS) is 12.4. The molecular formula is C14H15N3O3. The average molecular weight is 273 g/mol. The topological polar surface area (TPSA) is 78.6 Å². The van der Waals surface area contributed by atoms with Gasteiger partial charge in [-0.1, -0.05) is 6.07 Å². The van der Waals surface area contributed by atoms with Gasteiger partial charge in [0.2, 0.25) is 6.79 Å². The molecule has 0 spiro atoms. The Morgan fingerprint density at radius 1 is 1.15 bits per heavy atom. The molecule has 1 aromatic heterocycles. The Balaban J connectivity index is 1.57. The summed E-state index contributed by atoms with van der Waals surface area (Å²) in [5.74, 6) is 6.88. The summed E-state index contributed by atoms with van der Waals surface area (Å²) in [5.41, 5.74) is 5.24. The predicted molar refractivity (Wildman–Crippen MR) is 73.1 cm³/mol. The van der Waals surface area contributed by atoms with Crippen molar-refractivity contribution in [3.8, 4) is 11.5 Å². The predicted octanol–water partition coefficient (Wildman–Crippen LogP) is 1.81. The minimum absolute atomic E-state index is 0.280. The van der Waals surface area contributed by atoms with Crippen LogP contribution in [0.2, 0.25) is 0 Å². The van der Waals surface area contributed by atoms with Crippen LogP contribution in [-0.4, -0.2) is 11.8 Å². The molecule has 104 valence electrons. The maximum atomic E-state index is 5.64. The van der Waals surface area contributed by atoms with Gasteiger partial charge in [-0.2, -0.15) is 0 Å². The molecule has 0 atom stereocenters. The lowest BCUT2D eigenvalue weighted by Gasteiger charge is -2.06. The molecule has 1 aliphatic rings. The average Bonchev–Trinajstić information content (AvgIpc) is 2.95. The van der Waals surface area contributed by atoms with Crippen molar-refractivity contribution in [3.05, 3.63) is 47.8 Å². The van der Waals surface area contributed by atoms with Crippen LogP contribution in [0.3, 0.4) is 0 Å². The van der Waals surface area contributed by atoms with Crippen molar-refractivity contribution in [2.45, 2.75) is 13.2 Å². The smallest absolute Gasteiger partial charge is 0.231 e. The summed E-state index contributed by atoms with van der Waals surface area (Å²) in [6.07, 6.45) is 1.69. The maximum absolute atomic E-state index is 5.64. The van der Waals surface area contributed by atoms with E-state index in [0.717, 1.165) is 28.4 Å². The van der Waals surface area contributed by atoms with Gasteiger partial charge in [0.05, 0.1) is 24.6 Å². The maximum Gasteiger partial charge on any atom is 0.231 e. The van der Waals surface area contributed by atoms with Crippen molar-refractivity contribution in [1.82, 2.24) is 4.98 Å². The van der Waals surface area contributed by atoms with Crippen LogP contribution >= 0.6 is 0 Å². The van der Waals surface area contributed by atoms with Gasteiger partial charge in [-0.15, -0.1) is 0 Å². The summed E-state index contributed by atoms with van der Waals surface area (Å²) in [5, 5.41) is 0. The number of nitrogen functional groups attached to an aromatic ring is 1. The lowest BCUT2D eigenvalue weighted by Crippen LogP contribution is -2.07. The van der Waals surface area contributed by atoms with Crippen LogP contribution in [0, 0.1) is 0 Å². The second-order valence-electron chi connectivity index (χ2n) is 4.36. The molecule has 0 unspecified atom stereocenters. The van der Waals surface area contributed by atoms with E-state index in [2.05, 4.69) is 10.4 Å². The first-order valence-electron chi connectivity index (χ1n) is 6.23. The molecule has 3 rings (SSSR count). The van der Waals surface area contributed by atoms with Gasteiger partial charge in [-0.05, 0) is 29.8 Å². The zero-order valence-corrected chi connectivity index (χ0v) is 10.8. The van der Waals surface area contributed by atoms with E-state index in [1.165, 1.54) is 0 Å². The number of hydrogen-bond donors (Lipinski definition) is 2. The highest BCUT2D eigenvalue weighted by molar-refractivity contribution is 5.44. The zero-order valence-electron chi connectivity index (χ0n) is 10.8. The second-order valence-corrected chi connectivity index (χ2v) is 4.36. The molecule has 0 saturated carbocycles. The Hall–Kier alpha value is -2.31. The summed E-state index contributed by atoms with van der Waals surface area (Å²) >= 11 is 0. The number of fused-ring (bicyclic) bond motifs is 1. The van der Waals surface area contributed by atoms with Crippen molar-refractivity contribution in [2.24, 2.45) is 5.84 Å². The SMILES string of the molecule is NNc1ccnc(COCc2ccc3c(c2)OCO3)c1. The van der Waals surface area contributed by atoms with Gasteiger partial charge in [-0.25, -0.2) is 0 Å². The number of hydrazine groups is 1. The molecule has 0 bridgehead atoms. The number of rotatable bonds is 5. The van der Waals surface area contributed by atoms with Crippen molar-refractivity contribution in [2.75, 3.05) is 12.2 Å². The molecule has 0 aliphatic carbocycles. The molecule has 0 saturated heterocycles. The van der Waals surface area contributed by atoms with E-state index in [1.54, 1.807) is 12.3 Å². The van der Waals surface area contributed by atoms with E-state index < -0.39 is 0 Å². The molecule has 2 aromatic rings. The quantitative estimate of drug-likeness (QED) is 0.639. The Morgan fingerprint density at radius 3 is 2.95 bits per heavy atom. The van der Waals surface area contributed by atoms with Crippen LogP contribution < -0.4 is 20.7 Å². The van der Waals surface area contributed by atoms with Crippen molar-refractivity contribution >= 4 is 5.69 Å².